The summed E-state index contributed by atoms with van der Waals surface area (Å²) in [6.07, 6.45) is 5.86. The van der Waals surface area contributed by atoms with Crippen molar-refractivity contribution < 1.29 is 4.79 Å². The third-order valence-electron chi connectivity index (χ3n) is 6.42. The van der Waals surface area contributed by atoms with E-state index in [0.717, 1.165) is 49.9 Å². The van der Waals surface area contributed by atoms with Crippen molar-refractivity contribution in [3.05, 3.63) is 90.3 Å². The molecule has 3 heterocycles. The van der Waals surface area contributed by atoms with Crippen molar-refractivity contribution in [3.63, 3.8) is 0 Å². The van der Waals surface area contributed by atoms with Crippen LogP contribution >= 0.6 is 0 Å². The molecule has 2 aromatic carbocycles. The Hall–Kier alpha value is -3.51. The Morgan fingerprint density at radius 3 is 2.27 bits per heavy atom. The van der Waals surface area contributed by atoms with E-state index in [9.17, 15) is 4.79 Å². The maximum absolute atomic E-state index is 13.5. The monoisotopic (exact) mass is 439 g/mol. The first-order chi connectivity index (χ1) is 16.0. The molecule has 0 N–H and O–H groups in total. The number of para-hydroxylation sites is 1. The molecule has 6 nitrogen and oxygen atoms in total. The molecule has 1 aromatic heterocycles. The molecule has 0 aliphatic carbocycles. The molecular weight excluding hydrogens is 410 g/mol. The van der Waals surface area contributed by atoms with Crippen molar-refractivity contribution in [1.82, 2.24) is 14.9 Å². The fraction of sp³-hybridized carbons (Fsp3) is 0.296. The molecular formula is C27H29N5O. The molecule has 0 unspecified atom stereocenters. The van der Waals surface area contributed by atoms with Crippen LogP contribution in [0.2, 0.25) is 0 Å². The quantitative estimate of drug-likeness (QED) is 0.612. The summed E-state index contributed by atoms with van der Waals surface area (Å²) < 4.78 is 0. The van der Waals surface area contributed by atoms with Gasteiger partial charge in [0.15, 0.2) is 0 Å². The number of carbonyl (C=O) groups is 1. The van der Waals surface area contributed by atoms with Crippen molar-refractivity contribution in [2.75, 3.05) is 42.5 Å². The van der Waals surface area contributed by atoms with Crippen LogP contribution in [0.3, 0.4) is 0 Å². The summed E-state index contributed by atoms with van der Waals surface area (Å²) in [6, 6.07) is 19.7. The first kappa shape index (κ1) is 21.3. The third kappa shape index (κ3) is 4.26. The Kier molecular flexibility index (Phi) is 5.68. The minimum Gasteiger partial charge on any atom is -0.338 e. The lowest BCUT2D eigenvalue weighted by Crippen LogP contribution is -2.50. The fourth-order valence-electron chi connectivity index (χ4n) is 4.83. The summed E-state index contributed by atoms with van der Waals surface area (Å²) in [4.78, 5) is 28.9. The molecule has 1 fully saturated rings. The van der Waals surface area contributed by atoms with E-state index in [0.29, 0.717) is 5.56 Å². The molecule has 5 rings (SSSR count). The van der Waals surface area contributed by atoms with E-state index in [1.54, 1.807) is 12.4 Å². The van der Waals surface area contributed by atoms with Gasteiger partial charge in [-0.3, -0.25) is 14.6 Å². The Bertz CT molecular complexity index is 1150. The van der Waals surface area contributed by atoms with Gasteiger partial charge in [-0.15, -0.1) is 0 Å². The number of hydrogen-bond donors (Lipinski definition) is 0. The molecule has 3 aromatic rings. The van der Waals surface area contributed by atoms with Crippen LogP contribution in [0.25, 0.3) is 5.57 Å². The van der Waals surface area contributed by atoms with Gasteiger partial charge in [0.25, 0.3) is 5.91 Å². The molecule has 1 amide bonds. The van der Waals surface area contributed by atoms with E-state index < -0.39 is 5.54 Å². The van der Waals surface area contributed by atoms with E-state index in [-0.39, 0.29) is 5.91 Å². The Morgan fingerprint density at radius 1 is 0.879 bits per heavy atom. The lowest BCUT2D eigenvalue weighted by atomic mass is 9.87. The summed E-state index contributed by atoms with van der Waals surface area (Å²) in [5, 5.41) is 0. The van der Waals surface area contributed by atoms with E-state index in [4.69, 9.17) is 0 Å². The summed E-state index contributed by atoms with van der Waals surface area (Å²) in [7, 11) is 0. The largest absolute Gasteiger partial charge is 0.338 e. The first-order valence-corrected chi connectivity index (χ1v) is 11.5. The van der Waals surface area contributed by atoms with Crippen molar-refractivity contribution in [1.29, 1.82) is 0 Å². The van der Waals surface area contributed by atoms with Gasteiger partial charge in [0, 0.05) is 56.2 Å². The highest BCUT2D eigenvalue weighted by Gasteiger charge is 2.37. The van der Waals surface area contributed by atoms with Crippen LogP contribution < -0.4 is 9.80 Å². The van der Waals surface area contributed by atoms with E-state index >= 15 is 0 Å². The molecule has 2 aliphatic heterocycles. The zero-order chi connectivity index (χ0) is 22.8. The molecule has 0 spiro atoms. The van der Waals surface area contributed by atoms with Gasteiger partial charge in [0.05, 0.1) is 11.2 Å². The van der Waals surface area contributed by atoms with Crippen molar-refractivity contribution in [2.24, 2.45) is 0 Å². The SMILES string of the molecule is CC1(C)C=C(CN2CCN(c3ncccn3)CC2)c2ccccc2N1C(=O)c1ccccc1. The van der Waals surface area contributed by atoms with Gasteiger partial charge in [0.1, 0.15) is 0 Å². The highest BCUT2D eigenvalue weighted by atomic mass is 16.2. The minimum atomic E-state index is -0.434. The summed E-state index contributed by atoms with van der Waals surface area (Å²) in [6.45, 7) is 8.80. The smallest absolute Gasteiger partial charge is 0.259 e. The van der Waals surface area contributed by atoms with Gasteiger partial charge in [-0.05, 0) is 43.7 Å². The average molecular weight is 440 g/mol. The van der Waals surface area contributed by atoms with Gasteiger partial charge >= 0.3 is 0 Å². The van der Waals surface area contributed by atoms with Gasteiger partial charge in [-0.1, -0.05) is 42.5 Å². The van der Waals surface area contributed by atoms with Crippen LogP contribution in [0, 0.1) is 0 Å². The first-order valence-electron chi connectivity index (χ1n) is 11.5. The molecule has 0 atom stereocenters. The molecule has 1 saturated heterocycles. The number of anilines is 2. The molecule has 0 bridgehead atoms. The third-order valence-corrected chi connectivity index (χ3v) is 6.42. The number of benzene rings is 2. The summed E-state index contributed by atoms with van der Waals surface area (Å²) >= 11 is 0. The van der Waals surface area contributed by atoms with Crippen LogP contribution in [-0.2, 0) is 0 Å². The highest BCUT2D eigenvalue weighted by Crippen LogP contribution is 2.40. The summed E-state index contributed by atoms with van der Waals surface area (Å²) in [5.74, 6) is 0.829. The fourth-order valence-corrected chi connectivity index (χ4v) is 4.83. The van der Waals surface area contributed by atoms with Crippen molar-refractivity contribution in [2.45, 2.75) is 19.4 Å². The number of aromatic nitrogens is 2. The Balaban J connectivity index is 1.37. The molecule has 33 heavy (non-hydrogen) atoms. The number of fused-ring (bicyclic) bond motifs is 1. The molecule has 0 radical (unpaired) electrons. The topological polar surface area (TPSA) is 52.6 Å². The van der Waals surface area contributed by atoms with Gasteiger partial charge in [0.2, 0.25) is 5.95 Å². The van der Waals surface area contributed by atoms with Crippen molar-refractivity contribution >= 4 is 23.1 Å². The number of piperazine rings is 1. The van der Waals surface area contributed by atoms with E-state index in [1.807, 2.05) is 47.4 Å². The van der Waals surface area contributed by atoms with Gasteiger partial charge in [-0.2, -0.15) is 0 Å². The van der Waals surface area contributed by atoms with Crippen molar-refractivity contribution in [3.8, 4) is 0 Å². The second kappa shape index (κ2) is 8.79. The lowest BCUT2D eigenvalue weighted by molar-refractivity contribution is 0.0970. The maximum atomic E-state index is 13.5. The number of nitrogens with zero attached hydrogens (tertiary/aromatic N) is 5. The van der Waals surface area contributed by atoms with E-state index in [2.05, 4.69) is 57.9 Å². The Morgan fingerprint density at radius 2 is 1.55 bits per heavy atom. The molecule has 168 valence electrons. The number of carbonyl (C=O) groups excluding carboxylic acids is 1. The lowest BCUT2D eigenvalue weighted by Gasteiger charge is -2.43. The number of rotatable bonds is 4. The van der Waals surface area contributed by atoms with Crippen LogP contribution in [0.5, 0.6) is 0 Å². The second-order valence-corrected chi connectivity index (χ2v) is 9.16. The van der Waals surface area contributed by atoms with Crippen LogP contribution in [-0.4, -0.2) is 59.0 Å². The highest BCUT2D eigenvalue weighted by molar-refractivity contribution is 6.10. The molecule has 6 heteroatoms. The maximum Gasteiger partial charge on any atom is 0.259 e. The summed E-state index contributed by atoms with van der Waals surface area (Å²) in [5.41, 5.74) is 3.66. The predicted molar refractivity (Wildman–Crippen MR) is 132 cm³/mol. The zero-order valence-electron chi connectivity index (χ0n) is 19.2. The normalized spacial score (nSPS) is 17.9. The van der Waals surface area contributed by atoms with Gasteiger partial charge in [-0.25, -0.2) is 9.97 Å². The molecule has 2 aliphatic rings. The second-order valence-electron chi connectivity index (χ2n) is 9.16. The zero-order valence-corrected chi connectivity index (χ0v) is 19.2. The molecule has 0 saturated carbocycles. The van der Waals surface area contributed by atoms with Crippen LogP contribution in [0.4, 0.5) is 11.6 Å². The van der Waals surface area contributed by atoms with Crippen LogP contribution in [0.15, 0.2) is 79.1 Å². The number of hydrogen-bond acceptors (Lipinski definition) is 5. The van der Waals surface area contributed by atoms with E-state index in [1.165, 1.54) is 5.57 Å². The number of amides is 1. The van der Waals surface area contributed by atoms with Gasteiger partial charge < -0.3 is 4.90 Å². The minimum absolute atomic E-state index is 0.0276. The standard InChI is InChI=1S/C27H29N5O/c1-27(2)19-22(20-30-15-17-31(18-16-30)26-28-13-8-14-29-26)23-11-6-7-12-24(23)32(27)25(33)21-9-4-3-5-10-21/h3-14,19H,15-18,20H2,1-2H3. The predicted octanol–water partition coefficient (Wildman–Crippen LogP) is 4.12. The van der Waals surface area contributed by atoms with Crippen LogP contribution in [0.1, 0.15) is 29.8 Å². The Labute approximate surface area is 195 Å². The average Bonchev–Trinajstić information content (AvgIpc) is 2.85.